The van der Waals surface area contributed by atoms with Crippen LogP contribution in [-0.2, 0) is 16.1 Å². The minimum atomic E-state index is 0.564. The predicted molar refractivity (Wildman–Crippen MR) is 51.5 cm³/mol. The summed E-state index contributed by atoms with van der Waals surface area (Å²) in [7, 11) is 1.65. The largest absolute Gasteiger partial charge is 0.382 e. The lowest BCUT2D eigenvalue weighted by atomic mass is 10.4. The monoisotopic (exact) mass is 202 g/mol. The Morgan fingerprint density at radius 1 is 1.54 bits per heavy atom. The van der Waals surface area contributed by atoms with Crippen molar-refractivity contribution >= 4 is 11.3 Å². The SMILES string of the molecule is COCCONCc1scnc1C. The van der Waals surface area contributed by atoms with E-state index in [1.54, 1.807) is 18.4 Å². The third-order valence-electron chi connectivity index (χ3n) is 1.57. The Morgan fingerprint density at radius 3 is 3.00 bits per heavy atom. The zero-order chi connectivity index (χ0) is 9.52. The maximum absolute atomic E-state index is 5.11. The molecule has 0 saturated heterocycles. The third kappa shape index (κ3) is 3.82. The molecule has 1 N–H and O–H groups in total. The fourth-order valence-corrected chi connectivity index (χ4v) is 1.51. The van der Waals surface area contributed by atoms with Crippen LogP contribution in [0.3, 0.4) is 0 Å². The molecule has 4 nitrogen and oxygen atoms in total. The molecule has 0 aliphatic carbocycles. The van der Waals surface area contributed by atoms with Crippen molar-refractivity contribution in [3.05, 3.63) is 16.1 Å². The van der Waals surface area contributed by atoms with Crippen LogP contribution in [0.2, 0.25) is 0 Å². The Morgan fingerprint density at radius 2 is 2.38 bits per heavy atom. The summed E-state index contributed by atoms with van der Waals surface area (Å²) in [5.41, 5.74) is 5.75. The molecule has 0 saturated carbocycles. The van der Waals surface area contributed by atoms with Crippen molar-refractivity contribution in [1.82, 2.24) is 10.5 Å². The summed E-state index contributed by atoms with van der Waals surface area (Å²) >= 11 is 1.63. The van der Waals surface area contributed by atoms with Crippen molar-refractivity contribution in [3.63, 3.8) is 0 Å². The fourth-order valence-electron chi connectivity index (χ4n) is 0.810. The van der Waals surface area contributed by atoms with Crippen LogP contribution in [0.1, 0.15) is 10.6 Å². The number of hydrogen-bond donors (Lipinski definition) is 1. The molecule has 0 unspecified atom stereocenters. The second kappa shape index (κ2) is 6.04. The highest BCUT2D eigenvalue weighted by atomic mass is 32.1. The van der Waals surface area contributed by atoms with Crippen molar-refractivity contribution in [2.45, 2.75) is 13.5 Å². The molecular weight excluding hydrogens is 188 g/mol. The Bertz CT molecular complexity index is 240. The summed E-state index contributed by atoms with van der Waals surface area (Å²) in [4.78, 5) is 10.4. The van der Waals surface area contributed by atoms with E-state index in [2.05, 4.69) is 10.5 Å². The number of aromatic nitrogens is 1. The van der Waals surface area contributed by atoms with Gasteiger partial charge in [-0.05, 0) is 6.92 Å². The first-order valence-electron chi connectivity index (χ1n) is 4.07. The van der Waals surface area contributed by atoms with Crippen molar-refractivity contribution in [1.29, 1.82) is 0 Å². The molecule has 1 rings (SSSR count). The highest BCUT2D eigenvalue weighted by Gasteiger charge is 1.99. The predicted octanol–water partition coefficient (Wildman–Crippen LogP) is 1.12. The van der Waals surface area contributed by atoms with Crippen LogP contribution in [0.15, 0.2) is 5.51 Å². The van der Waals surface area contributed by atoms with E-state index in [0.717, 1.165) is 5.69 Å². The van der Waals surface area contributed by atoms with Gasteiger partial charge in [0.05, 0.1) is 31.0 Å². The zero-order valence-electron chi connectivity index (χ0n) is 7.87. The highest BCUT2D eigenvalue weighted by Crippen LogP contribution is 2.10. The van der Waals surface area contributed by atoms with E-state index >= 15 is 0 Å². The number of nitrogens with one attached hydrogen (secondary N) is 1. The maximum Gasteiger partial charge on any atom is 0.0916 e. The molecule has 0 aliphatic heterocycles. The molecule has 5 heteroatoms. The van der Waals surface area contributed by atoms with Crippen LogP contribution in [-0.4, -0.2) is 25.3 Å². The van der Waals surface area contributed by atoms with Gasteiger partial charge in [-0.2, -0.15) is 5.48 Å². The number of rotatable bonds is 6. The van der Waals surface area contributed by atoms with Crippen LogP contribution in [0.4, 0.5) is 0 Å². The summed E-state index contributed by atoms with van der Waals surface area (Å²) in [5, 5.41) is 0. The van der Waals surface area contributed by atoms with E-state index in [-0.39, 0.29) is 0 Å². The van der Waals surface area contributed by atoms with Gasteiger partial charge in [0.1, 0.15) is 0 Å². The van der Waals surface area contributed by atoms with Crippen molar-refractivity contribution < 1.29 is 9.57 Å². The lowest BCUT2D eigenvalue weighted by Gasteiger charge is -2.03. The van der Waals surface area contributed by atoms with Gasteiger partial charge in [0.25, 0.3) is 0 Å². The molecule has 0 spiro atoms. The molecule has 13 heavy (non-hydrogen) atoms. The number of ether oxygens (including phenoxy) is 1. The van der Waals surface area contributed by atoms with Gasteiger partial charge in [0.2, 0.25) is 0 Å². The number of hydroxylamine groups is 1. The molecular formula is C8H14N2O2S. The van der Waals surface area contributed by atoms with Gasteiger partial charge >= 0.3 is 0 Å². The Labute approximate surface area is 81.8 Å². The molecule has 0 atom stereocenters. The summed E-state index contributed by atoms with van der Waals surface area (Å²) in [6.07, 6.45) is 0. The molecule has 74 valence electrons. The van der Waals surface area contributed by atoms with Crippen LogP contribution >= 0.6 is 11.3 Å². The zero-order valence-corrected chi connectivity index (χ0v) is 8.69. The van der Waals surface area contributed by atoms with Gasteiger partial charge in [0, 0.05) is 12.0 Å². The highest BCUT2D eigenvalue weighted by molar-refractivity contribution is 7.09. The summed E-state index contributed by atoms with van der Waals surface area (Å²) in [6.45, 7) is 3.87. The molecule has 1 heterocycles. The van der Waals surface area contributed by atoms with E-state index in [4.69, 9.17) is 9.57 Å². The lowest BCUT2D eigenvalue weighted by molar-refractivity contribution is 0.00378. The van der Waals surface area contributed by atoms with Crippen molar-refractivity contribution in [2.24, 2.45) is 0 Å². The number of hydrogen-bond acceptors (Lipinski definition) is 5. The van der Waals surface area contributed by atoms with Crippen molar-refractivity contribution in [3.8, 4) is 0 Å². The van der Waals surface area contributed by atoms with E-state index in [1.165, 1.54) is 4.88 Å². The van der Waals surface area contributed by atoms with E-state index < -0.39 is 0 Å². The molecule has 0 amide bonds. The smallest absolute Gasteiger partial charge is 0.0916 e. The minimum absolute atomic E-state index is 0.564. The number of methoxy groups -OCH3 is 1. The van der Waals surface area contributed by atoms with Gasteiger partial charge < -0.3 is 4.74 Å². The summed E-state index contributed by atoms with van der Waals surface area (Å²) in [6, 6.07) is 0. The van der Waals surface area contributed by atoms with Gasteiger partial charge in [-0.1, -0.05) is 0 Å². The second-order valence-electron chi connectivity index (χ2n) is 2.52. The quantitative estimate of drug-likeness (QED) is 0.554. The first kappa shape index (κ1) is 10.6. The Kier molecular flexibility index (Phi) is 4.92. The minimum Gasteiger partial charge on any atom is -0.382 e. The van der Waals surface area contributed by atoms with Gasteiger partial charge in [-0.3, -0.25) is 4.84 Å². The molecule has 0 aromatic carbocycles. The van der Waals surface area contributed by atoms with E-state index in [0.29, 0.717) is 19.8 Å². The molecule has 1 aromatic heterocycles. The van der Waals surface area contributed by atoms with Crippen LogP contribution in [0, 0.1) is 6.92 Å². The van der Waals surface area contributed by atoms with E-state index in [1.807, 2.05) is 12.4 Å². The number of aryl methyl sites for hydroxylation is 1. The van der Waals surface area contributed by atoms with Gasteiger partial charge in [-0.25, -0.2) is 4.98 Å². The lowest BCUT2D eigenvalue weighted by Crippen LogP contribution is -2.16. The molecule has 0 aliphatic rings. The first-order chi connectivity index (χ1) is 6.34. The average molecular weight is 202 g/mol. The van der Waals surface area contributed by atoms with Crippen LogP contribution in [0.25, 0.3) is 0 Å². The average Bonchev–Trinajstić information content (AvgIpc) is 2.52. The number of nitrogens with zero attached hydrogens (tertiary/aromatic N) is 1. The maximum atomic E-state index is 5.11. The molecule has 0 radical (unpaired) electrons. The molecule has 1 aromatic rings. The standard InChI is InChI=1S/C8H14N2O2S/c1-7-8(13-6-9-7)5-10-12-4-3-11-2/h6,10H,3-5H2,1-2H3. The first-order valence-corrected chi connectivity index (χ1v) is 4.95. The third-order valence-corrected chi connectivity index (χ3v) is 2.50. The topological polar surface area (TPSA) is 43.4 Å². The second-order valence-corrected chi connectivity index (χ2v) is 3.46. The number of thiazole rings is 1. The fraction of sp³-hybridized carbons (Fsp3) is 0.625. The van der Waals surface area contributed by atoms with Crippen LogP contribution < -0.4 is 5.48 Å². The molecule has 0 fully saturated rings. The normalized spacial score (nSPS) is 10.6. The molecule has 0 bridgehead atoms. The van der Waals surface area contributed by atoms with Gasteiger partial charge in [0.15, 0.2) is 0 Å². The summed E-state index contributed by atoms with van der Waals surface area (Å²) in [5.74, 6) is 0. The Balaban J connectivity index is 2.10. The summed E-state index contributed by atoms with van der Waals surface area (Å²) < 4.78 is 4.83. The van der Waals surface area contributed by atoms with Crippen LogP contribution in [0.5, 0.6) is 0 Å². The van der Waals surface area contributed by atoms with Gasteiger partial charge in [-0.15, -0.1) is 11.3 Å². The van der Waals surface area contributed by atoms with Crippen molar-refractivity contribution in [2.75, 3.05) is 20.3 Å². The van der Waals surface area contributed by atoms with E-state index in [9.17, 15) is 0 Å². The Hall–Kier alpha value is -0.490.